The Morgan fingerprint density at radius 1 is 1.20 bits per heavy atom. The standard InChI is InChI=1S/C12H14F2N2O4/c13-8-3-7(4-9(14)5-8)1-2-15-12(20)16-10(6-17)11(18)19/h3-5,10,17H,1-2,6H2,(H,18,19)(H2,15,16,20)/t10-/m0/s1. The largest absolute Gasteiger partial charge is 0.480 e. The molecule has 0 aromatic heterocycles. The van der Waals surface area contributed by atoms with Crippen LogP contribution in [0.5, 0.6) is 0 Å². The fraction of sp³-hybridized carbons (Fsp3) is 0.333. The number of carbonyl (C=O) groups is 2. The van der Waals surface area contributed by atoms with Crippen LogP contribution in [-0.4, -0.2) is 41.4 Å². The second kappa shape index (κ2) is 7.39. The van der Waals surface area contributed by atoms with Gasteiger partial charge in [0.1, 0.15) is 11.6 Å². The van der Waals surface area contributed by atoms with Crippen molar-refractivity contribution in [1.29, 1.82) is 0 Å². The smallest absolute Gasteiger partial charge is 0.328 e. The van der Waals surface area contributed by atoms with Crippen LogP contribution < -0.4 is 10.6 Å². The summed E-state index contributed by atoms with van der Waals surface area (Å²) in [6.07, 6.45) is 0.180. The Balaban J connectivity index is 2.40. The fourth-order valence-electron chi connectivity index (χ4n) is 1.47. The van der Waals surface area contributed by atoms with Gasteiger partial charge in [0.05, 0.1) is 6.61 Å². The molecule has 0 saturated heterocycles. The number of urea groups is 1. The summed E-state index contributed by atoms with van der Waals surface area (Å²) < 4.78 is 25.8. The Bertz CT molecular complexity index is 476. The second-order valence-corrected chi connectivity index (χ2v) is 4.00. The van der Waals surface area contributed by atoms with Crippen molar-refractivity contribution in [3.8, 4) is 0 Å². The number of hydrogen-bond donors (Lipinski definition) is 4. The molecule has 0 fully saturated rings. The molecular weight excluding hydrogens is 274 g/mol. The van der Waals surface area contributed by atoms with Crippen molar-refractivity contribution >= 4 is 12.0 Å². The highest BCUT2D eigenvalue weighted by Crippen LogP contribution is 2.07. The number of nitrogens with one attached hydrogen (secondary N) is 2. The lowest BCUT2D eigenvalue weighted by atomic mass is 10.1. The third-order valence-electron chi connectivity index (χ3n) is 2.41. The van der Waals surface area contributed by atoms with E-state index >= 15 is 0 Å². The number of rotatable bonds is 6. The molecule has 1 aromatic rings. The normalized spacial score (nSPS) is 11.8. The summed E-state index contributed by atoms with van der Waals surface area (Å²) in [7, 11) is 0. The third-order valence-corrected chi connectivity index (χ3v) is 2.41. The highest BCUT2D eigenvalue weighted by Gasteiger charge is 2.18. The number of benzene rings is 1. The van der Waals surface area contributed by atoms with Gasteiger partial charge in [-0.3, -0.25) is 0 Å². The molecule has 1 aromatic carbocycles. The van der Waals surface area contributed by atoms with Gasteiger partial charge in [-0.05, 0) is 24.1 Å². The summed E-state index contributed by atoms with van der Waals surface area (Å²) >= 11 is 0. The number of aliphatic hydroxyl groups excluding tert-OH is 1. The quantitative estimate of drug-likeness (QED) is 0.603. The minimum atomic E-state index is -1.40. The summed E-state index contributed by atoms with van der Waals surface area (Å²) in [6, 6.07) is 0.819. The van der Waals surface area contributed by atoms with Crippen molar-refractivity contribution in [2.75, 3.05) is 13.2 Å². The molecule has 8 heteroatoms. The van der Waals surface area contributed by atoms with E-state index in [4.69, 9.17) is 10.2 Å². The molecule has 0 aliphatic carbocycles. The van der Waals surface area contributed by atoms with Gasteiger partial charge in [0.2, 0.25) is 0 Å². The number of carbonyl (C=O) groups excluding carboxylic acids is 1. The average molecular weight is 288 g/mol. The molecule has 0 radical (unpaired) electrons. The lowest BCUT2D eigenvalue weighted by Gasteiger charge is -2.12. The molecule has 6 nitrogen and oxygen atoms in total. The molecule has 0 heterocycles. The average Bonchev–Trinajstić information content (AvgIpc) is 2.34. The van der Waals surface area contributed by atoms with E-state index in [1.54, 1.807) is 0 Å². The van der Waals surface area contributed by atoms with E-state index < -0.39 is 36.3 Å². The SMILES string of the molecule is O=C(NCCc1cc(F)cc(F)c1)N[C@@H](CO)C(=O)O. The van der Waals surface area contributed by atoms with Crippen molar-refractivity contribution in [2.45, 2.75) is 12.5 Å². The number of halogens is 2. The molecule has 1 atom stereocenters. The van der Waals surface area contributed by atoms with Crippen LogP contribution in [-0.2, 0) is 11.2 Å². The summed E-state index contributed by atoms with van der Waals surface area (Å²) in [5.74, 6) is -2.79. The highest BCUT2D eigenvalue weighted by atomic mass is 19.1. The number of carboxylic acid groups (broad SMARTS) is 1. The molecule has 2 amide bonds. The zero-order valence-electron chi connectivity index (χ0n) is 10.4. The summed E-state index contributed by atoms with van der Waals surface area (Å²) in [5, 5.41) is 21.7. The van der Waals surface area contributed by atoms with E-state index in [-0.39, 0.29) is 13.0 Å². The van der Waals surface area contributed by atoms with Crippen molar-refractivity contribution in [3.63, 3.8) is 0 Å². The van der Waals surface area contributed by atoms with Gasteiger partial charge in [-0.1, -0.05) is 0 Å². The van der Waals surface area contributed by atoms with Crippen molar-refractivity contribution < 1.29 is 28.6 Å². The van der Waals surface area contributed by atoms with Crippen LogP contribution in [0.15, 0.2) is 18.2 Å². The molecule has 1 rings (SSSR count). The maximum absolute atomic E-state index is 12.9. The highest BCUT2D eigenvalue weighted by molar-refractivity contribution is 5.82. The van der Waals surface area contributed by atoms with Gasteiger partial charge >= 0.3 is 12.0 Å². The minimum Gasteiger partial charge on any atom is -0.480 e. The second-order valence-electron chi connectivity index (χ2n) is 4.00. The van der Waals surface area contributed by atoms with Gasteiger partial charge < -0.3 is 20.8 Å². The Morgan fingerprint density at radius 3 is 2.30 bits per heavy atom. The Morgan fingerprint density at radius 2 is 1.80 bits per heavy atom. The van der Waals surface area contributed by atoms with Gasteiger partial charge in [-0.25, -0.2) is 18.4 Å². The summed E-state index contributed by atoms with van der Waals surface area (Å²) in [5.41, 5.74) is 0.361. The zero-order chi connectivity index (χ0) is 15.1. The van der Waals surface area contributed by atoms with Crippen molar-refractivity contribution in [1.82, 2.24) is 10.6 Å². The number of hydrogen-bond acceptors (Lipinski definition) is 3. The van der Waals surface area contributed by atoms with Crippen LogP contribution in [0.3, 0.4) is 0 Å². The van der Waals surface area contributed by atoms with Crippen molar-refractivity contribution in [2.24, 2.45) is 0 Å². The molecule has 0 bridgehead atoms. The van der Waals surface area contributed by atoms with Gasteiger partial charge in [-0.2, -0.15) is 0 Å². The molecular formula is C12H14F2N2O4. The predicted octanol–water partition coefficient (Wildman–Crippen LogP) is 0.252. The monoisotopic (exact) mass is 288 g/mol. The first kappa shape index (κ1) is 15.8. The minimum absolute atomic E-state index is 0.0620. The third kappa shape index (κ3) is 5.19. The molecule has 0 aliphatic rings. The van der Waals surface area contributed by atoms with Crippen LogP contribution >= 0.6 is 0 Å². The fourth-order valence-corrected chi connectivity index (χ4v) is 1.47. The van der Waals surface area contributed by atoms with Gasteiger partial charge in [0.25, 0.3) is 0 Å². The molecule has 4 N–H and O–H groups in total. The number of aliphatic carboxylic acids is 1. The Labute approximate surface area is 113 Å². The van der Waals surface area contributed by atoms with E-state index in [2.05, 4.69) is 5.32 Å². The number of carboxylic acids is 1. The maximum Gasteiger partial charge on any atom is 0.328 e. The number of aliphatic hydroxyl groups is 1. The molecule has 0 unspecified atom stereocenters. The number of amides is 2. The van der Waals surface area contributed by atoms with E-state index in [9.17, 15) is 18.4 Å². The Kier molecular flexibility index (Phi) is 5.85. The maximum atomic E-state index is 12.9. The van der Waals surface area contributed by atoms with Crippen LogP contribution in [0.2, 0.25) is 0 Å². The van der Waals surface area contributed by atoms with E-state index in [1.165, 1.54) is 0 Å². The van der Waals surface area contributed by atoms with Crippen LogP contribution in [0.25, 0.3) is 0 Å². The van der Waals surface area contributed by atoms with Gasteiger partial charge in [-0.15, -0.1) is 0 Å². The summed E-state index contributed by atoms with van der Waals surface area (Å²) in [6.45, 7) is -0.676. The van der Waals surface area contributed by atoms with Gasteiger partial charge in [0.15, 0.2) is 6.04 Å². The van der Waals surface area contributed by atoms with Crippen molar-refractivity contribution in [3.05, 3.63) is 35.4 Å². The molecule has 110 valence electrons. The topological polar surface area (TPSA) is 98.7 Å². The van der Waals surface area contributed by atoms with Crippen LogP contribution in [0, 0.1) is 11.6 Å². The predicted molar refractivity (Wildman–Crippen MR) is 65.1 cm³/mol. The van der Waals surface area contributed by atoms with E-state index in [1.807, 2.05) is 5.32 Å². The molecule has 20 heavy (non-hydrogen) atoms. The lowest BCUT2D eigenvalue weighted by Crippen LogP contribution is -2.48. The first-order valence-electron chi connectivity index (χ1n) is 5.75. The molecule has 0 saturated carbocycles. The van der Waals surface area contributed by atoms with E-state index in [0.717, 1.165) is 18.2 Å². The molecule has 0 spiro atoms. The summed E-state index contributed by atoms with van der Waals surface area (Å²) in [4.78, 5) is 21.8. The first-order chi connectivity index (χ1) is 9.42. The lowest BCUT2D eigenvalue weighted by molar-refractivity contribution is -0.140. The zero-order valence-corrected chi connectivity index (χ0v) is 10.4. The van der Waals surface area contributed by atoms with Crippen LogP contribution in [0.1, 0.15) is 5.56 Å². The first-order valence-corrected chi connectivity index (χ1v) is 5.75. The van der Waals surface area contributed by atoms with Gasteiger partial charge in [0, 0.05) is 12.6 Å². The Hall–Kier alpha value is -2.22. The molecule has 0 aliphatic heterocycles. The van der Waals surface area contributed by atoms with E-state index in [0.29, 0.717) is 5.56 Å². The van der Waals surface area contributed by atoms with Crippen LogP contribution in [0.4, 0.5) is 13.6 Å².